The predicted molar refractivity (Wildman–Crippen MR) is 85.3 cm³/mol. The summed E-state index contributed by atoms with van der Waals surface area (Å²) >= 11 is 0. The fourth-order valence-corrected chi connectivity index (χ4v) is 2.18. The van der Waals surface area contributed by atoms with Crippen LogP contribution in [0.5, 0.6) is 0 Å². The van der Waals surface area contributed by atoms with E-state index in [-0.39, 0.29) is 11.6 Å². The second-order valence-electron chi connectivity index (χ2n) is 5.56. The van der Waals surface area contributed by atoms with E-state index in [0.29, 0.717) is 18.2 Å². The molecule has 0 unspecified atom stereocenters. The molecule has 0 radical (unpaired) electrons. The molecule has 2 heterocycles. The van der Waals surface area contributed by atoms with Gasteiger partial charge in [0.2, 0.25) is 0 Å². The topological polar surface area (TPSA) is 73.0 Å². The lowest BCUT2D eigenvalue weighted by Gasteiger charge is -2.06. The normalized spacial score (nSPS) is 10.9. The minimum atomic E-state index is -0.286. The maximum Gasteiger partial charge on any atom is 0.273 e. The van der Waals surface area contributed by atoms with Crippen molar-refractivity contribution >= 4 is 5.91 Å². The summed E-state index contributed by atoms with van der Waals surface area (Å²) in [5.41, 5.74) is 2.39. The Morgan fingerprint density at radius 2 is 2.04 bits per heavy atom. The maximum atomic E-state index is 12.1. The van der Waals surface area contributed by atoms with Gasteiger partial charge >= 0.3 is 0 Å². The lowest BCUT2D eigenvalue weighted by molar-refractivity contribution is 0.0943. The summed E-state index contributed by atoms with van der Waals surface area (Å²) in [6.07, 6.45) is 3.18. The molecule has 0 spiro atoms. The molecule has 1 amide bonds. The summed E-state index contributed by atoms with van der Waals surface area (Å²) in [6.45, 7) is 4.61. The number of amides is 1. The van der Waals surface area contributed by atoms with E-state index in [1.807, 2.05) is 12.1 Å². The van der Waals surface area contributed by atoms with Crippen molar-refractivity contribution in [2.24, 2.45) is 0 Å². The van der Waals surface area contributed by atoms with E-state index in [1.54, 1.807) is 29.3 Å². The zero-order chi connectivity index (χ0) is 16.2. The van der Waals surface area contributed by atoms with Gasteiger partial charge in [0.25, 0.3) is 5.91 Å². The number of carbonyl (C=O) groups excluding carboxylic acids is 1. The summed E-state index contributed by atoms with van der Waals surface area (Å²) < 4.78 is 6.76. The summed E-state index contributed by atoms with van der Waals surface area (Å²) in [7, 11) is 0. The molecule has 0 bridgehead atoms. The molecule has 0 atom stereocenters. The van der Waals surface area contributed by atoms with Crippen LogP contribution in [-0.2, 0) is 6.54 Å². The van der Waals surface area contributed by atoms with Crippen LogP contribution in [0.25, 0.3) is 5.69 Å². The molecule has 0 saturated heterocycles. The predicted octanol–water partition coefficient (Wildman–Crippen LogP) is 2.91. The highest BCUT2D eigenvalue weighted by Crippen LogP contribution is 2.16. The van der Waals surface area contributed by atoms with E-state index in [2.05, 4.69) is 41.6 Å². The highest BCUT2D eigenvalue weighted by molar-refractivity contribution is 5.91. The average Bonchev–Trinajstić information content (AvgIpc) is 3.24. The Hall–Kier alpha value is -2.89. The molecule has 23 heavy (non-hydrogen) atoms. The highest BCUT2D eigenvalue weighted by Gasteiger charge is 2.12. The summed E-state index contributed by atoms with van der Waals surface area (Å²) in [5, 5.41) is 10.7. The second-order valence-corrected chi connectivity index (χ2v) is 5.56. The van der Waals surface area contributed by atoms with Gasteiger partial charge in [0.1, 0.15) is 5.76 Å². The molecule has 1 aromatic carbocycles. The summed E-state index contributed by atoms with van der Waals surface area (Å²) in [4.78, 5) is 12.1. The van der Waals surface area contributed by atoms with Gasteiger partial charge in [-0.2, -0.15) is 0 Å². The average molecular weight is 310 g/mol. The third-order valence-electron chi connectivity index (χ3n) is 3.55. The van der Waals surface area contributed by atoms with Crippen molar-refractivity contribution in [1.82, 2.24) is 20.3 Å². The minimum Gasteiger partial charge on any atom is -0.467 e. The summed E-state index contributed by atoms with van der Waals surface area (Å²) in [5.74, 6) is 0.879. The second kappa shape index (κ2) is 6.48. The molecule has 1 N–H and O–H groups in total. The van der Waals surface area contributed by atoms with Crippen LogP contribution in [0.2, 0.25) is 0 Å². The number of furan rings is 1. The Kier molecular flexibility index (Phi) is 4.23. The minimum absolute atomic E-state index is 0.268. The number of hydrogen-bond donors (Lipinski definition) is 1. The lowest BCUT2D eigenvalue weighted by Crippen LogP contribution is -2.22. The van der Waals surface area contributed by atoms with Crippen molar-refractivity contribution in [3.8, 4) is 5.69 Å². The van der Waals surface area contributed by atoms with Crippen LogP contribution in [0.3, 0.4) is 0 Å². The molecule has 3 aromatic rings. The van der Waals surface area contributed by atoms with E-state index in [1.165, 1.54) is 5.56 Å². The number of benzene rings is 1. The molecule has 0 aliphatic carbocycles. The largest absolute Gasteiger partial charge is 0.467 e. The van der Waals surface area contributed by atoms with Crippen LogP contribution in [0.15, 0.2) is 53.3 Å². The number of nitrogens with one attached hydrogen (secondary N) is 1. The quantitative estimate of drug-likeness (QED) is 0.786. The van der Waals surface area contributed by atoms with E-state index in [9.17, 15) is 4.79 Å². The monoisotopic (exact) mass is 310 g/mol. The Labute approximate surface area is 134 Å². The first-order valence-corrected chi connectivity index (χ1v) is 7.47. The molecular formula is C17H18N4O2. The van der Waals surface area contributed by atoms with Crippen molar-refractivity contribution in [3.05, 3.63) is 65.9 Å². The molecule has 0 aliphatic rings. The standard InChI is InChI=1S/C17H18N4O2/c1-12(2)13-5-7-14(8-6-13)21-11-16(19-20-21)17(22)18-10-15-4-3-9-23-15/h3-9,11-12H,10H2,1-2H3,(H,18,22). The zero-order valence-electron chi connectivity index (χ0n) is 13.1. The van der Waals surface area contributed by atoms with Gasteiger partial charge in [0, 0.05) is 0 Å². The van der Waals surface area contributed by atoms with E-state index in [0.717, 1.165) is 5.69 Å². The van der Waals surface area contributed by atoms with Crippen LogP contribution in [0.1, 0.15) is 41.6 Å². The van der Waals surface area contributed by atoms with Crippen molar-refractivity contribution in [2.45, 2.75) is 26.3 Å². The highest BCUT2D eigenvalue weighted by atomic mass is 16.3. The van der Waals surface area contributed by atoms with Gasteiger partial charge < -0.3 is 9.73 Å². The third kappa shape index (κ3) is 3.48. The van der Waals surface area contributed by atoms with Gasteiger partial charge in [-0.3, -0.25) is 4.79 Å². The van der Waals surface area contributed by atoms with Crippen LogP contribution < -0.4 is 5.32 Å². The van der Waals surface area contributed by atoms with Gasteiger partial charge in [-0.25, -0.2) is 4.68 Å². The molecule has 6 nitrogen and oxygen atoms in total. The molecule has 0 fully saturated rings. The summed E-state index contributed by atoms with van der Waals surface area (Å²) in [6, 6.07) is 11.6. The van der Waals surface area contributed by atoms with Gasteiger partial charge in [-0.1, -0.05) is 31.2 Å². The number of rotatable bonds is 5. The molecule has 3 rings (SSSR count). The van der Waals surface area contributed by atoms with Gasteiger partial charge in [0.15, 0.2) is 5.69 Å². The van der Waals surface area contributed by atoms with E-state index in [4.69, 9.17) is 4.42 Å². The Morgan fingerprint density at radius 3 is 2.70 bits per heavy atom. The molecule has 6 heteroatoms. The third-order valence-corrected chi connectivity index (χ3v) is 3.55. The van der Waals surface area contributed by atoms with Crippen molar-refractivity contribution < 1.29 is 9.21 Å². The smallest absolute Gasteiger partial charge is 0.273 e. The molecular weight excluding hydrogens is 292 g/mol. The lowest BCUT2D eigenvalue weighted by atomic mass is 10.0. The molecule has 2 aromatic heterocycles. The number of carbonyl (C=O) groups is 1. The van der Waals surface area contributed by atoms with Gasteiger partial charge in [-0.15, -0.1) is 5.10 Å². The van der Waals surface area contributed by atoms with Crippen molar-refractivity contribution in [1.29, 1.82) is 0 Å². The molecule has 0 saturated carbocycles. The Bertz CT molecular complexity index is 773. The first-order chi connectivity index (χ1) is 11.1. The maximum absolute atomic E-state index is 12.1. The van der Waals surface area contributed by atoms with E-state index >= 15 is 0 Å². The first-order valence-electron chi connectivity index (χ1n) is 7.47. The van der Waals surface area contributed by atoms with Crippen molar-refractivity contribution in [2.75, 3.05) is 0 Å². The Morgan fingerprint density at radius 1 is 1.26 bits per heavy atom. The van der Waals surface area contributed by atoms with Gasteiger partial charge in [-0.05, 0) is 35.7 Å². The molecule has 0 aliphatic heterocycles. The van der Waals surface area contributed by atoms with Crippen LogP contribution in [0, 0.1) is 0 Å². The SMILES string of the molecule is CC(C)c1ccc(-n2cc(C(=O)NCc3ccco3)nn2)cc1. The van der Waals surface area contributed by atoms with E-state index < -0.39 is 0 Å². The number of hydrogen-bond acceptors (Lipinski definition) is 4. The zero-order valence-corrected chi connectivity index (χ0v) is 13.1. The van der Waals surface area contributed by atoms with Crippen LogP contribution in [0.4, 0.5) is 0 Å². The van der Waals surface area contributed by atoms with Crippen molar-refractivity contribution in [3.63, 3.8) is 0 Å². The fraction of sp³-hybridized carbons (Fsp3) is 0.235. The number of nitrogens with zero attached hydrogens (tertiary/aromatic N) is 3. The van der Waals surface area contributed by atoms with Crippen LogP contribution >= 0.6 is 0 Å². The van der Waals surface area contributed by atoms with Crippen LogP contribution in [-0.4, -0.2) is 20.9 Å². The fourth-order valence-electron chi connectivity index (χ4n) is 2.18. The Balaban J connectivity index is 1.68. The molecule has 118 valence electrons. The van der Waals surface area contributed by atoms with Gasteiger partial charge in [0.05, 0.1) is 24.7 Å². The first kappa shape index (κ1) is 15.0. The number of aromatic nitrogens is 3.